The van der Waals surface area contributed by atoms with E-state index >= 15 is 0 Å². The summed E-state index contributed by atoms with van der Waals surface area (Å²) in [4.78, 5) is 22.9. The highest BCUT2D eigenvalue weighted by atomic mass is 16.7. The largest absolute Gasteiger partial charge is 0.494 e. The summed E-state index contributed by atoms with van der Waals surface area (Å²) >= 11 is 0. The van der Waals surface area contributed by atoms with Crippen molar-refractivity contribution in [2.24, 2.45) is 0 Å². The number of fused-ring (bicyclic) bond motifs is 2. The van der Waals surface area contributed by atoms with Crippen molar-refractivity contribution in [1.29, 1.82) is 0 Å². The first-order valence-corrected chi connectivity index (χ1v) is 14.7. The van der Waals surface area contributed by atoms with Gasteiger partial charge in [-0.15, -0.1) is 0 Å². The van der Waals surface area contributed by atoms with E-state index in [1.54, 1.807) is 0 Å². The monoisotopic (exact) mass is 553 g/mol. The van der Waals surface area contributed by atoms with Gasteiger partial charge in [-0.25, -0.2) is 9.78 Å². The Morgan fingerprint density at radius 3 is 2.39 bits per heavy atom. The van der Waals surface area contributed by atoms with E-state index in [9.17, 15) is 4.79 Å². The molecular weight excluding hydrogens is 513 g/mol. The number of imidazole rings is 1. The first-order valence-electron chi connectivity index (χ1n) is 14.7. The average Bonchev–Trinajstić information content (AvgIpc) is 3.57. The van der Waals surface area contributed by atoms with Crippen molar-refractivity contribution in [3.05, 3.63) is 60.4 Å². The summed E-state index contributed by atoms with van der Waals surface area (Å²) in [5.74, 6) is 0.895. The lowest BCUT2D eigenvalue weighted by Gasteiger charge is -2.32. The number of amides is 1. The zero-order valence-electron chi connectivity index (χ0n) is 25.2. The van der Waals surface area contributed by atoms with Crippen LogP contribution in [0.15, 0.2) is 54.6 Å². The highest BCUT2D eigenvalue weighted by Gasteiger charge is 2.51. The highest BCUT2D eigenvalue weighted by molar-refractivity contribution is 6.62. The van der Waals surface area contributed by atoms with E-state index in [4.69, 9.17) is 19.0 Å². The van der Waals surface area contributed by atoms with E-state index in [0.29, 0.717) is 6.42 Å². The maximum Gasteiger partial charge on any atom is 0.494 e. The summed E-state index contributed by atoms with van der Waals surface area (Å²) in [5.41, 5.74) is 3.99. The molecule has 0 spiro atoms. The first-order chi connectivity index (χ1) is 19.3. The van der Waals surface area contributed by atoms with Crippen LogP contribution >= 0.6 is 0 Å². The number of likely N-dealkylation sites (tertiary alicyclic amines) is 1. The number of benzene rings is 3. The molecule has 2 saturated heterocycles. The predicted molar refractivity (Wildman–Crippen MR) is 164 cm³/mol. The second kappa shape index (κ2) is 9.88. The number of nitrogens with one attached hydrogen (secondary N) is 1. The molecule has 1 atom stereocenters. The van der Waals surface area contributed by atoms with E-state index in [-0.39, 0.29) is 30.5 Å². The van der Waals surface area contributed by atoms with Gasteiger partial charge in [0, 0.05) is 19.0 Å². The molecule has 2 fully saturated rings. The van der Waals surface area contributed by atoms with Crippen LogP contribution < -0.4 is 5.46 Å². The van der Waals surface area contributed by atoms with Gasteiger partial charge in [0.25, 0.3) is 0 Å². The quantitative estimate of drug-likeness (QED) is 0.287. The molecule has 214 valence electrons. The predicted octanol–water partition coefficient (Wildman–Crippen LogP) is 6.62. The van der Waals surface area contributed by atoms with Gasteiger partial charge in [-0.3, -0.25) is 0 Å². The summed E-state index contributed by atoms with van der Waals surface area (Å²) in [5, 5.41) is 2.31. The fraction of sp³-hybridized carbons (Fsp3) is 0.455. The van der Waals surface area contributed by atoms with Gasteiger partial charge in [-0.05, 0) is 107 Å². The molecule has 3 heterocycles. The maximum atomic E-state index is 12.7. The van der Waals surface area contributed by atoms with Crippen LogP contribution in [0.2, 0.25) is 0 Å². The van der Waals surface area contributed by atoms with Crippen LogP contribution in [0.1, 0.15) is 67.1 Å². The smallest absolute Gasteiger partial charge is 0.444 e. The molecule has 0 saturated carbocycles. The molecule has 1 N–H and O–H groups in total. The normalized spacial score (nSPS) is 20.3. The molecule has 0 aliphatic carbocycles. The van der Waals surface area contributed by atoms with Crippen molar-refractivity contribution in [2.75, 3.05) is 6.54 Å². The zero-order chi connectivity index (χ0) is 29.2. The lowest BCUT2D eigenvalue weighted by molar-refractivity contribution is 0.00578. The van der Waals surface area contributed by atoms with Crippen molar-refractivity contribution in [3.63, 3.8) is 0 Å². The number of carbonyl (C=O) groups is 1. The summed E-state index contributed by atoms with van der Waals surface area (Å²) < 4.78 is 18.1. The van der Waals surface area contributed by atoms with Crippen LogP contribution in [-0.2, 0) is 20.5 Å². The summed E-state index contributed by atoms with van der Waals surface area (Å²) in [6, 6.07) is 19.4. The zero-order valence-corrected chi connectivity index (χ0v) is 25.2. The van der Waals surface area contributed by atoms with Gasteiger partial charge in [0.05, 0.1) is 22.2 Å². The Kier molecular flexibility index (Phi) is 6.70. The molecular formula is C33H40BN3O4. The Balaban J connectivity index is 1.20. The van der Waals surface area contributed by atoms with Crippen LogP contribution in [0.5, 0.6) is 0 Å². The van der Waals surface area contributed by atoms with Gasteiger partial charge in [-0.1, -0.05) is 36.4 Å². The van der Waals surface area contributed by atoms with Crippen molar-refractivity contribution in [3.8, 4) is 11.1 Å². The fourth-order valence-corrected chi connectivity index (χ4v) is 5.74. The summed E-state index contributed by atoms with van der Waals surface area (Å²) in [6.07, 6.45) is 2.38. The van der Waals surface area contributed by atoms with Crippen LogP contribution in [0, 0.1) is 0 Å². The number of nitrogens with zero attached hydrogens (tertiary/aromatic N) is 2. The molecule has 2 aliphatic heterocycles. The van der Waals surface area contributed by atoms with E-state index in [1.807, 2.05) is 25.7 Å². The van der Waals surface area contributed by atoms with Gasteiger partial charge in [0.1, 0.15) is 11.4 Å². The van der Waals surface area contributed by atoms with Gasteiger partial charge < -0.3 is 23.9 Å². The highest BCUT2D eigenvalue weighted by Crippen LogP contribution is 2.37. The van der Waals surface area contributed by atoms with Crippen LogP contribution in [-0.4, -0.2) is 57.5 Å². The number of hydrogen-bond acceptors (Lipinski definition) is 5. The van der Waals surface area contributed by atoms with Crippen LogP contribution in [0.3, 0.4) is 0 Å². The van der Waals surface area contributed by atoms with Crippen LogP contribution in [0.25, 0.3) is 32.9 Å². The number of aromatic amines is 1. The molecule has 0 radical (unpaired) electrons. The molecule has 4 aromatic rings. The number of hydrogen-bond donors (Lipinski definition) is 1. The second-order valence-electron chi connectivity index (χ2n) is 13.5. The van der Waals surface area contributed by atoms with Crippen molar-refractivity contribution < 1.29 is 18.8 Å². The molecule has 8 heteroatoms. The molecule has 1 amide bonds. The summed E-state index contributed by atoms with van der Waals surface area (Å²) in [6.45, 7) is 14.7. The maximum absolute atomic E-state index is 12.7. The number of carbonyl (C=O) groups excluding carboxylic acids is 1. The molecule has 3 aromatic carbocycles. The van der Waals surface area contributed by atoms with Gasteiger partial charge in [0.15, 0.2) is 0 Å². The van der Waals surface area contributed by atoms with E-state index in [0.717, 1.165) is 63.6 Å². The Hall–Kier alpha value is -3.36. The lowest BCUT2D eigenvalue weighted by atomic mass is 9.78. The third-order valence-corrected chi connectivity index (χ3v) is 8.69. The van der Waals surface area contributed by atoms with Crippen molar-refractivity contribution in [1.82, 2.24) is 14.9 Å². The first kappa shape index (κ1) is 27.8. The molecule has 0 bridgehead atoms. The van der Waals surface area contributed by atoms with E-state index in [2.05, 4.69) is 87.3 Å². The van der Waals surface area contributed by atoms with Crippen molar-refractivity contribution >= 4 is 40.5 Å². The van der Waals surface area contributed by atoms with Gasteiger partial charge in [0.2, 0.25) is 0 Å². The Labute approximate surface area is 242 Å². The molecule has 1 unspecified atom stereocenters. The Morgan fingerprint density at radius 2 is 1.66 bits per heavy atom. The van der Waals surface area contributed by atoms with Gasteiger partial charge >= 0.3 is 13.2 Å². The summed E-state index contributed by atoms with van der Waals surface area (Å²) in [7, 11) is -0.374. The van der Waals surface area contributed by atoms with Crippen molar-refractivity contribution in [2.45, 2.75) is 90.6 Å². The Morgan fingerprint density at radius 1 is 1.00 bits per heavy atom. The lowest BCUT2D eigenvalue weighted by Crippen LogP contribution is -2.41. The molecule has 2 aliphatic rings. The number of H-pyrrole nitrogens is 1. The molecule has 7 nitrogen and oxygen atoms in total. The number of aromatic nitrogens is 2. The average molecular weight is 554 g/mol. The minimum atomic E-state index is -0.502. The molecule has 1 aromatic heterocycles. The van der Waals surface area contributed by atoms with E-state index < -0.39 is 5.60 Å². The Bertz CT molecular complexity index is 1600. The number of ether oxygens (including phenoxy) is 1. The SMILES string of the molecule is CC(C)(C)OC(=O)N1CCCC1Cc1nc2ccc(-c3ccc4cc(B5OC(C)(C)C(C)(C)O5)ccc4c3)cc2[nH]1. The fourth-order valence-electron chi connectivity index (χ4n) is 5.74. The number of rotatable bonds is 4. The third kappa shape index (κ3) is 5.47. The van der Waals surface area contributed by atoms with E-state index in [1.165, 1.54) is 0 Å². The van der Waals surface area contributed by atoms with Crippen LogP contribution in [0.4, 0.5) is 4.79 Å². The topological polar surface area (TPSA) is 76.7 Å². The third-order valence-electron chi connectivity index (χ3n) is 8.69. The van der Waals surface area contributed by atoms with Gasteiger partial charge in [-0.2, -0.15) is 0 Å². The minimum Gasteiger partial charge on any atom is -0.444 e. The standard InChI is InChI=1S/C33H40BN3O4/c1-31(2,3)39-30(38)37-16-8-9-26(37)20-29-35-27-15-13-24(19-28(27)36-29)21-10-11-23-18-25(14-12-22(23)17-21)34-40-32(4,5)33(6,7)41-34/h10-15,17-19,26H,8-9,16,20H2,1-7H3,(H,35,36). The second-order valence-corrected chi connectivity index (χ2v) is 13.5. The molecule has 6 rings (SSSR count). The molecule has 41 heavy (non-hydrogen) atoms. The minimum absolute atomic E-state index is 0.0902.